The smallest absolute Gasteiger partial charge is 0.289 e. The highest BCUT2D eigenvalue weighted by Crippen LogP contribution is 2.35. The van der Waals surface area contributed by atoms with Gasteiger partial charge in [-0.05, 0) is 30.2 Å². The van der Waals surface area contributed by atoms with Crippen LogP contribution in [0.25, 0.3) is 0 Å². The number of hydrogen-bond acceptors (Lipinski definition) is 4. The zero-order chi connectivity index (χ0) is 17.6. The van der Waals surface area contributed by atoms with Gasteiger partial charge in [0.1, 0.15) is 13.2 Å². The molecule has 0 aliphatic carbocycles. The van der Waals surface area contributed by atoms with Crippen molar-refractivity contribution < 1.29 is 23.4 Å². The van der Waals surface area contributed by atoms with Gasteiger partial charge in [0.2, 0.25) is 0 Å². The van der Waals surface area contributed by atoms with Crippen LogP contribution in [-0.4, -0.2) is 24.2 Å². The molecule has 1 atom stereocenters. The van der Waals surface area contributed by atoms with Crippen LogP contribution in [0.5, 0.6) is 11.5 Å². The third-order valence-corrected chi connectivity index (χ3v) is 3.53. The summed E-state index contributed by atoms with van der Waals surface area (Å²) in [6.07, 6.45) is 0. The lowest BCUT2D eigenvalue weighted by Crippen LogP contribution is -2.36. The van der Waals surface area contributed by atoms with Crippen molar-refractivity contribution in [2.75, 3.05) is 13.2 Å². The van der Waals surface area contributed by atoms with E-state index in [-0.39, 0.29) is 5.56 Å². The monoisotopic (exact) mass is 337 g/mol. The summed E-state index contributed by atoms with van der Waals surface area (Å²) in [5.41, 5.74) is 6.71. The average molecular weight is 337 g/mol. The molecular formula is C18H21F2NO3. The number of rotatable bonds is 8. The molecule has 0 saturated heterocycles. The van der Waals surface area contributed by atoms with E-state index < -0.39 is 18.6 Å². The van der Waals surface area contributed by atoms with E-state index in [9.17, 15) is 8.78 Å². The number of alkyl halides is 2. The second-order valence-corrected chi connectivity index (χ2v) is 5.31. The Bertz CT molecular complexity index is 650. The van der Waals surface area contributed by atoms with E-state index in [1.54, 1.807) is 13.0 Å². The average Bonchev–Trinajstić information content (AvgIpc) is 2.61. The third-order valence-electron chi connectivity index (χ3n) is 3.53. The van der Waals surface area contributed by atoms with Crippen molar-refractivity contribution in [3.05, 3.63) is 59.7 Å². The minimum Gasteiger partial charge on any atom is -0.490 e. The van der Waals surface area contributed by atoms with Crippen LogP contribution in [0.3, 0.4) is 0 Å². The fraction of sp³-hybridized carbons (Fsp3) is 0.333. The predicted octanol–water partition coefficient (Wildman–Crippen LogP) is 3.29. The van der Waals surface area contributed by atoms with Gasteiger partial charge in [-0.1, -0.05) is 36.4 Å². The molecule has 2 aromatic carbocycles. The summed E-state index contributed by atoms with van der Waals surface area (Å²) < 4.78 is 38.3. The molecule has 0 heterocycles. The number of halogens is 2. The van der Waals surface area contributed by atoms with Gasteiger partial charge in [0.15, 0.2) is 11.5 Å². The van der Waals surface area contributed by atoms with Crippen LogP contribution >= 0.6 is 0 Å². The van der Waals surface area contributed by atoms with E-state index in [2.05, 4.69) is 0 Å². The summed E-state index contributed by atoms with van der Waals surface area (Å²) in [7, 11) is 0. The van der Waals surface area contributed by atoms with Gasteiger partial charge in [0.25, 0.3) is 5.92 Å². The van der Waals surface area contributed by atoms with Gasteiger partial charge in [-0.2, -0.15) is 0 Å². The molecule has 0 spiro atoms. The predicted molar refractivity (Wildman–Crippen MR) is 87.3 cm³/mol. The molecule has 24 heavy (non-hydrogen) atoms. The van der Waals surface area contributed by atoms with Gasteiger partial charge in [0, 0.05) is 0 Å². The van der Waals surface area contributed by atoms with Crippen LogP contribution in [0, 0.1) is 0 Å². The lowest BCUT2D eigenvalue weighted by atomic mass is 10.0. The maximum Gasteiger partial charge on any atom is 0.289 e. The van der Waals surface area contributed by atoms with Crippen molar-refractivity contribution >= 4 is 0 Å². The largest absolute Gasteiger partial charge is 0.490 e. The highest BCUT2D eigenvalue weighted by atomic mass is 19.3. The quantitative estimate of drug-likeness (QED) is 0.776. The lowest BCUT2D eigenvalue weighted by molar-refractivity contribution is -0.0712. The number of aliphatic hydroxyl groups excluding tert-OH is 1. The standard InChI is InChI=1S/C18H21F2NO3/c1-2-23-16-10-14(17(21)18(19,20)12-22)8-9-15(16)24-11-13-6-4-3-5-7-13/h3-10,17,22H,2,11-12,21H2,1H3/t17-/m1/s1. The zero-order valence-electron chi connectivity index (χ0n) is 13.4. The topological polar surface area (TPSA) is 64.7 Å². The van der Waals surface area contributed by atoms with Crippen LogP contribution < -0.4 is 15.2 Å². The molecule has 2 rings (SSSR count). The Morgan fingerprint density at radius 1 is 1.08 bits per heavy atom. The Morgan fingerprint density at radius 2 is 1.79 bits per heavy atom. The fourth-order valence-corrected chi connectivity index (χ4v) is 2.18. The minimum atomic E-state index is -3.41. The summed E-state index contributed by atoms with van der Waals surface area (Å²) in [6, 6.07) is 12.4. The van der Waals surface area contributed by atoms with Crippen molar-refractivity contribution in [3.63, 3.8) is 0 Å². The van der Waals surface area contributed by atoms with E-state index in [0.29, 0.717) is 24.7 Å². The number of aliphatic hydroxyl groups is 1. The molecule has 6 heteroatoms. The number of nitrogens with two attached hydrogens (primary N) is 1. The summed E-state index contributed by atoms with van der Waals surface area (Å²) in [6.45, 7) is 1.16. The summed E-state index contributed by atoms with van der Waals surface area (Å²) in [5.74, 6) is -2.62. The molecular weight excluding hydrogens is 316 g/mol. The van der Waals surface area contributed by atoms with Crippen LogP contribution in [0.1, 0.15) is 24.1 Å². The number of hydrogen-bond donors (Lipinski definition) is 2. The molecule has 0 amide bonds. The normalized spacial score (nSPS) is 12.7. The van der Waals surface area contributed by atoms with Crippen molar-refractivity contribution in [1.82, 2.24) is 0 Å². The van der Waals surface area contributed by atoms with E-state index in [4.69, 9.17) is 20.3 Å². The maximum absolute atomic E-state index is 13.6. The molecule has 0 fully saturated rings. The molecule has 0 radical (unpaired) electrons. The van der Waals surface area contributed by atoms with Gasteiger partial charge in [-0.3, -0.25) is 0 Å². The Labute approximate surface area is 139 Å². The summed E-state index contributed by atoms with van der Waals surface area (Å²) >= 11 is 0. The molecule has 0 aromatic heterocycles. The summed E-state index contributed by atoms with van der Waals surface area (Å²) in [5, 5.41) is 8.78. The second kappa shape index (κ2) is 8.08. The van der Waals surface area contributed by atoms with Gasteiger partial charge < -0.3 is 20.3 Å². The van der Waals surface area contributed by atoms with E-state index in [1.165, 1.54) is 12.1 Å². The van der Waals surface area contributed by atoms with E-state index in [1.807, 2.05) is 30.3 Å². The van der Waals surface area contributed by atoms with Crippen molar-refractivity contribution in [1.29, 1.82) is 0 Å². The first-order valence-corrected chi connectivity index (χ1v) is 7.65. The zero-order valence-corrected chi connectivity index (χ0v) is 13.4. The first-order chi connectivity index (χ1) is 11.5. The second-order valence-electron chi connectivity index (χ2n) is 5.31. The molecule has 0 bridgehead atoms. The van der Waals surface area contributed by atoms with E-state index >= 15 is 0 Å². The van der Waals surface area contributed by atoms with Gasteiger partial charge in [0.05, 0.1) is 12.6 Å². The first-order valence-electron chi connectivity index (χ1n) is 7.65. The minimum absolute atomic E-state index is 0.171. The molecule has 0 aliphatic rings. The summed E-state index contributed by atoms with van der Waals surface area (Å²) in [4.78, 5) is 0. The van der Waals surface area contributed by atoms with Gasteiger partial charge >= 0.3 is 0 Å². The van der Waals surface area contributed by atoms with Crippen molar-refractivity contribution in [2.24, 2.45) is 5.73 Å². The molecule has 2 aromatic rings. The molecule has 0 unspecified atom stereocenters. The van der Waals surface area contributed by atoms with Crippen LogP contribution in [0.4, 0.5) is 8.78 Å². The van der Waals surface area contributed by atoms with Gasteiger partial charge in [-0.15, -0.1) is 0 Å². The molecule has 4 nitrogen and oxygen atoms in total. The lowest BCUT2D eigenvalue weighted by Gasteiger charge is -2.23. The first kappa shape index (κ1) is 18.2. The Balaban J connectivity index is 2.20. The van der Waals surface area contributed by atoms with Crippen molar-refractivity contribution in [3.8, 4) is 11.5 Å². The molecule has 3 N–H and O–H groups in total. The van der Waals surface area contributed by atoms with E-state index in [0.717, 1.165) is 5.56 Å². The molecule has 130 valence electrons. The van der Waals surface area contributed by atoms with Gasteiger partial charge in [-0.25, -0.2) is 8.78 Å². The third kappa shape index (κ3) is 4.43. The highest BCUT2D eigenvalue weighted by Gasteiger charge is 2.37. The highest BCUT2D eigenvalue weighted by molar-refractivity contribution is 5.44. The van der Waals surface area contributed by atoms with Crippen LogP contribution in [0.15, 0.2) is 48.5 Å². The van der Waals surface area contributed by atoms with Crippen LogP contribution in [-0.2, 0) is 6.61 Å². The van der Waals surface area contributed by atoms with Crippen molar-refractivity contribution in [2.45, 2.75) is 25.5 Å². The Morgan fingerprint density at radius 3 is 2.42 bits per heavy atom. The molecule has 0 aliphatic heterocycles. The fourth-order valence-electron chi connectivity index (χ4n) is 2.18. The Hall–Kier alpha value is -2.18. The molecule has 0 saturated carbocycles. The van der Waals surface area contributed by atoms with Crippen LogP contribution in [0.2, 0.25) is 0 Å². The number of ether oxygens (including phenoxy) is 2. The maximum atomic E-state index is 13.6. The number of benzene rings is 2. The SMILES string of the molecule is CCOc1cc([C@@H](N)C(F)(F)CO)ccc1OCc1ccccc1. The Kier molecular flexibility index (Phi) is 6.11.